The highest BCUT2D eigenvalue weighted by molar-refractivity contribution is 7.97. The Kier molecular flexibility index (Phi) is 10.4. The van der Waals surface area contributed by atoms with Crippen LogP contribution in [0.3, 0.4) is 0 Å². The fourth-order valence-corrected chi connectivity index (χ4v) is 4.21. The molecule has 2 unspecified atom stereocenters. The molecule has 0 amide bonds. The molecule has 0 radical (unpaired) electrons. The second kappa shape index (κ2) is 12.7. The van der Waals surface area contributed by atoms with Gasteiger partial charge in [-0.05, 0) is 51.6 Å². The zero-order valence-corrected chi connectivity index (χ0v) is 20.1. The highest BCUT2D eigenvalue weighted by atomic mass is 35.5. The summed E-state index contributed by atoms with van der Waals surface area (Å²) in [4.78, 5) is 11.8. The van der Waals surface area contributed by atoms with Gasteiger partial charge < -0.3 is 4.90 Å². The van der Waals surface area contributed by atoms with Gasteiger partial charge in [0.1, 0.15) is 12.5 Å². The first-order valence-electron chi connectivity index (χ1n) is 10.3. The molecule has 0 bridgehead atoms. The third-order valence-corrected chi connectivity index (χ3v) is 6.06. The summed E-state index contributed by atoms with van der Waals surface area (Å²) >= 11 is 7.45. The Balaban J connectivity index is 2.25. The molecule has 2 rings (SSSR count). The van der Waals surface area contributed by atoms with Gasteiger partial charge >= 0.3 is 0 Å². The second-order valence-corrected chi connectivity index (χ2v) is 8.91. The van der Waals surface area contributed by atoms with Gasteiger partial charge in [0.2, 0.25) is 0 Å². The normalized spacial score (nSPS) is 15.8. The Morgan fingerprint density at radius 2 is 2.00 bits per heavy atom. The molecule has 5 nitrogen and oxygen atoms in total. The molecule has 0 saturated carbocycles. The highest BCUT2D eigenvalue weighted by Gasteiger charge is 2.27. The van der Waals surface area contributed by atoms with Crippen molar-refractivity contribution >= 4 is 23.5 Å². The third kappa shape index (κ3) is 6.89. The molecule has 1 heterocycles. The lowest BCUT2D eigenvalue weighted by molar-refractivity contribution is 0.216. The van der Waals surface area contributed by atoms with E-state index in [2.05, 4.69) is 46.1 Å². The van der Waals surface area contributed by atoms with Crippen molar-refractivity contribution in [1.29, 1.82) is 5.26 Å². The van der Waals surface area contributed by atoms with E-state index in [0.29, 0.717) is 33.3 Å². The molecular weight excluding hydrogens is 452 g/mol. The number of aromatic nitrogens is 2. The van der Waals surface area contributed by atoms with Crippen LogP contribution in [-0.2, 0) is 0 Å². The van der Waals surface area contributed by atoms with Gasteiger partial charge in [0.15, 0.2) is 0 Å². The average Bonchev–Trinajstić information content (AvgIpc) is 2.97. The van der Waals surface area contributed by atoms with Crippen LogP contribution < -0.4 is 4.72 Å². The summed E-state index contributed by atoms with van der Waals surface area (Å²) in [6.07, 6.45) is 9.72. The minimum atomic E-state index is -0.645. The molecule has 0 fully saturated rings. The quantitative estimate of drug-likeness (QED) is 0.312. The number of halogens is 3. The van der Waals surface area contributed by atoms with Crippen molar-refractivity contribution in [3.05, 3.63) is 64.9 Å². The van der Waals surface area contributed by atoms with E-state index in [1.807, 2.05) is 19.1 Å². The van der Waals surface area contributed by atoms with E-state index >= 15 is 0 Å². The molecule has 2 atom stereocenters. The average molecular weight is 480 g/mol. The van der Waals surface area contributed by atoms with Gasteiger partial charge in [-0.15, -0.1) is 0 Å². The Hall–Kier alpha value is -2.21. The Bertz CT molecular complexity index is 921. The number of nitriles is 1. The van der Waals surface area contributed by atoms with Crippen LogP contribution in [0.15, 0.2) is 64.0 Å². The van der Waals surface area contributed by atoms with Crippen LogP contribution in [0.1, 0.15) is 45.5 Å². The van der Waals surface area contributed by atoms with Gasteiger partial charge in [0.05, 0.1) is 29.3 Å². The molecule has 172 valence electrons. The maximum atomic E-state index is 12.9. The van der Waals surface area contributed by atoms with Crippen molar-refractivity contribution in [2.24, 2.45) is 0 Å². The first-order valence-corrected chi connectivity index (χ1v) is 11.5. The number of rotatable bonds is 11. The van der Waals surface area contributed by atoms with E-state index < -0.39 is 19.4 Å². The molecule has 32 heavy (non-hydrogen) atoms. The maximum absolute atomic E-state index is 12.9. The Morgan fingerprint density at radius 1 is 1.31 bits per heavy atom. The van der Waals surface area contributed by atoms with Gasteiger partial charge in [0.25, 0.3) is 0 Å². The SMILES string of the molecule is C=C(C#N)C1=CC(Cl)=CCC=C1N(C(C)C)C(C)c1ncc(SNC(CF)CCF)cn1. The lowest BCUT2D eigenvalue weighted by atomic mass is 10.0. The topological polar surface area (TPSA) is 64.8 Å². The van der Waals surface area contributed by atoms with Crippen molar-refractivity contribution in [1.82, 2.24) is 19.6 Å². The molecule has 1 aliphatic carbocycles. The third-order valence-electron chi connectivity index (χ3n) is 4.90. The lowest BCUT2D eigenvalue weighted by Gasteiger charge is -2.37. The monoisotopic (exact) mass is 479 g/mol. The zero-order valence-electron chi connectivity index (χ0n) is 18.5. The molecule has 0 aliphatic heterocycles. The van der Waals surface area contributed by atoms with E-state index in [1.165, 1.54) is 11.9 Å². The van der Waals surface area contributed by atoms with Crippen molar-refractivity contribution in [3.63, 3.8) is 0 Å². The van der Waals surface area contributed by atoms with Crippen LogP contribution >= 0.6 is 23.5 Å². The summed E-state index contributed by atoms with van der Waals surface area (Å²) in [5.41, 5.74) is 1.86. The predicted molar refractivity (Wildman–Crippen MR) is 126 cm³/mol. The van der Waals surface area contributed by atoms with Crippen LogP contribution in [0.5, 0.6) is 0 Å². The largest absolute Gasteiger partial charge is 0.359 e. The van der Waals surface area contributed by atoms with Crippen LogP contribution in [-0.4, -0.2) is 40.3 Å². The second-order valence-electron chi connectivity index (χ2n) is 7.57. The van der Waals surface area contributed by atoms with Gasteiger partial charge in [-0.25, -0.2) is 14.4 Å². The van der Waals surface area contributed by atoms with Crippen LogP contribution in [0.25, 0.3) is 0 Å². The fourth-order valence-electron chi connectivity index (χ4n) is 3.31. The summed E-state index contributed by atoms with van der Waals surface area (Å²) < 4.78 is 28.2. The van der Waals surface area contributed by atoms with Gasteiger partial charge in [0, 0.05) is 40.8 Å². The highest BCUT2D eigenvalue weighted by Crippen LogP contribution is 2.34. The van der Waals surface area contributed by atoms with Crippen molar-refractivity contribution in [3.8, 4) is 6.07 Å². The standard InChI is InChI=1S/C23H28ClF2N5S/c1-15(2)31(22-7-5-6-18(24)10-21(22)16(3)12-27)17(4)23-28-13-20(14-29-23)32-30-19(11-26)8-9-25/h6-7,10,13-15,17,19,30H,3,5,8-9,11H2,1-2,4H3. The van der Waals surface area contributed by atoms with E-state index in [-0.39, 0.29) is 18.5 Å². The minimum Gasteiger partial charge on any atom is -0.359 e. The number of allylic oxidation sites excluding steroid dienone is 5. The van der Waals surface area contributed by atoms with Gasteiger partial charge in [-0.2, -0.15) is 5.26 Å². The molecular formula is C23H28ClF2N5S. The number of hydrogen-bond donors (Lipinski definition) is 1. The summed E-state index contributed by atoms with van der Waals surface area (Å²) in [6, 6.07) is 1.44. The van der Waals surface area contributed by atoms with E-state index in [4.69, 9.17) is 11.6 Å². The van der Waals surface area contributed by atoms with E-state index in [9.17, 15) is 14.0 Å². The molecule has 9 heteroatoms. The predicted octanol–water partition coefficient (Wildman–Crippen LogP) is 5.96. The van der Waals surface area contributed by atoms with Gasteiger partial charge in [-0.3, -0.25) is 9.11 Å². The van der Waals surface area contributed by atoms with Crippen molar-refractivity contribution < 1.29 is 8.78 Å². The minimum absolute atomic E-state index is 0.0772. The molecule has 0 aromatic carbocycles. The number of nitrogens with zero attached hydrogens (tertiary/aromatic N) is 4. The number of hydrogen-bond acceptors (Lipinski definition) is 6. The summed E-state index contributed by atoms with van der Waals surface area (Å²) in [7, 11) is 0. The van der Waals surface area contributed by atoms with Crippen LogP contribution in [0.2, 0.25) is 0 Å². The van der Waals surface area contributed by atoms with Crippen LogP contribution in [0.4, 0.5) is 8.78 Å². The summed E-state index contributed by atoms with van der Waals surface area (Å²) in [5.74, 6) is 0.597. The summed E-state index contributed by atoms with van der Waals surface area (Å²) in [5, 5.41) is 10.0. The maximum Gasteiger partial charge on any atom is 0.150 e. The molecule has 1 N–H and O–H groups in total. The molecule has 1 aromatic heterocycles. The first kappa shape index (κ1) is 26.0. The first-order chi connectivity index (χ1) is 15.3. The van der Waals surface area contributed by atoms with Crippen molar-refractivity contribution in [2.45, 2.75) is 56.6 Å². The molecule has 1 aliphatic rings. The Morgan fingerprint density at radius 3 is 2.56 bits per heavy atom. The smallest absolute Gasteiger partial charge is 0.150 e. The van der Waals surface area contributed by atoms with E-state index in [0.717, 1.165) is 5.70 Å². The number of alkyl halides is 2. The summed E-state index contributed by atoms with van der Waals surface area (Å²) in [6.45, 7) is 8.77. The van der Waals surface area contributed by atoms with E-state index in [1.54, 1.807) is 18.5 Å². The van der Waals surface area contributed by atoms with Crippen molar-refractivity contribution in [2.75, 3.05) is 13.3 Å². The fraction of sp³-hybridized carbons (Fsp3) is 0.435. The zero-order chi connectivity index (χ0) is 23.7. The van der Waals surface area contributed by atoms with Crippen LogP contribution in [0, 0.1) is 11.3 Å². The number of nitrogens with one attached hydrogen (secondary N) is 1. The van der Waals surface area contributed by atoms with Gasteiger partial charge in [-0.1, -0.05) is 30.3 Å². The molecule has 0 saturated heterocycles. The molecule has 1 aromatic rings. The lowest BCUT2D eigenvalue weighted by Crippen LogP contribution is -2.34. The Labute approximate surface area is 198 Å². The molecule has 0 spiro atoms.